The molecule has 0 amide bonds. The molecule has 1 heterocycles. The summed E-state index contributed by atoms with van der Waals surface area (Å²) in [7, 11) is 5.71. The SMILES string of the molecule is [B]C1OC(CC)[C@@H](C)[C@H]1C. The maximum absolute atomic E-state index is 5.71. The van der Waals surface area contributed by atoms with E-state index in [2.05, 4.69) is 20.8 Å². The van der Waals surface area contributed by atoms with E-state index in [1.807, 2.05) is 0 Å². The van der Waals surface area contributed by atoms with Gasteiger partial charge < -0.3 is 4.74 Å². The zero-order valence-electron chi connectivity index (χ0n) is 7.00. The minimum Gasteiger partial charge on any atom is -0.384 e. The summed E-state index contributed by atoms with van der Waals surface area (Å²) in [6.07, 6.45) is 1.48. The van der Waals surface area contributed by atoms with E-state index < -0.39 is 0 Å². The molecule has 2 unspecified atom stereocenters. The van der Waals surface area contributed by atoms with Gasteiger partial charge in [-0.15, -0.1) is 0 Å². The van der Waals surface area contributed by atoms with Gasteiger partial charge in [-0.25, -0.2) is 0 Å². The first-order chi connectivity index (χ1) is 4.66. The van der Waals surface area contributed by atoms with Crippen molar-refractivity contribution in [1.82, 2.24) is 0 Å². The number of ether oxygens (including phenoxy) is 1. The van der Waals surface area contributed by atoms with Gasteiger partial charge >= 0.3 is 0 Å². The smallest absolute Gasteiger partial charge is 0.109 e. The Kier molecular flexibility index (Phi) is 2.40. The van der Waals surface area contributed by atoms with Gasteiger partial charge in [-0.3, -0.25) is 0 Å². The van der Waals surface area contributed by atoms with Crippen molar-refractivity contribution in [2.45, 2.75) is 39.3 Å². The van der Waals surface area contributed by atoms with Crippen LogP contribution in [0.1, 0.15) is 27.2 Å². The highest BCUT2D eigenvalue weighted by Crippen LogP contribution is 2.31. The van der Waals surface area contributed by atoms with Gasteiger partial charge in [0, 0.05) is 6.00 Å². The Bertz CT molecular complexity index is 116. The third-order valence-corrected chi connectivity index (χ3v) is 2.67. The lowest BCUT2D eigenvalue weighted by atomic mass is 9.81. The first-order valence-electron chi connectivity index (χ1n) is 4.07. The van der Waals surface area contributed by atoms with Crippen LogP contribution in [0.4, 0.5) is 0 Å². The van der Waals surface area contributed by atoms with E-state index in [9.17, 15) is 0 Å². The highest BCUT2D eigenvalue weighted by Gasteiger charge is 2.34. The van der Waals surface area contributed by atoms with E-state index in [1.54, 1.807) is 0 Å². The van der Waals surface area contributed by atoms with Gasteiger partial charge in [0.15, 0.2) is 0 Å². The van der Waals surface area contributed by atoms with Gasteiger partial charge in [0.05, 0.1) is 6.10 Å². The van der Waals surface area contributed by atoms with Crippen LogP contribution in [-0.4, -0.2) is 20.0 Å². The van der Waals surface area contributed by atoms with Crippen molar-refractivity contribution in [3.8, 4) is 0 Å². The lowest BCUT2D eigenvalue weighted by molar-refractivity contribution is 0.0698. The molecule has 10 heavy (non-hydrogen) atoms. The Morgan fingerprint density at radius 1 is 1.30 bits per heavy atom. The highest BCUT2D eigenvalue weighted by atomic mass is 16.5. The predicted molar refractivity (Wildman–Crippen MR) is 43.0 cm³/mol. The van der Waals surface area contributed by atoms with Crippen LogP contribution >= 0.6 is 0 Å². The van der Waals surface area contributed by atoms with Crippen molar-refractivity contribution >= 4 is 7.85 Å². The molecule has 4 atom stereocenters. The van der Waals surface area contributed by atoms with E-state index >= 15 is 0 Å². The lowest BCUT2D eigenvalue weighted by Crippen LogP contribution is -2.15. The van der Waals surface area contributed by atoms with E-state index in [0.717, 1.165) is 6.42 Å². The first kappa shape index (κ1) is 8.12. The Morgan fingerprint density at radius 3 is 2.10 bits per heavy atom. The van der Waals surface area contributed by atoms with E-state index in [0.29, 0.717) is 17.9 Å². The molecule has 0 aromatic rings. The first-order valence-corrected chi connectivity index (χ1v) is 4.07. The van der Waals surface area contributed by atoms with Gasteiger partial charge in [-0.2, -0.15) is 0 Å². The molecule has 1 fully saturated rings. The van der Waals surface area contributed by atoms with Crippen molar-refractivity contribution in [2.75, 3.05) is 0 Å². The summed E-state index contributed by atoms with van der Waals surface area (Å²) in [4.78, 5) is 0. The molecular weight excluding hydrogens is 123 g/mol. The van der Waals surface area contributed by atoms with Crippen molar-refractivity contribution in [3.05, 3.63) is 0 Å². The normalized spacial score (nSPS) is 47.9. The number of hydrogen-bond acceptors (Lipinski definition) is 1. The molecule has 2 heteroatoms. The average Bonchev–Trinajstić information content (AvgIpc) is 2.17. The fraction of sp³-hybridized carbons (Fsp3) is 1.00. The van der Waals surface area contributed by atoms with Crippen LogP contribution in [0.3, 0.4) is 0 Å². The van der Waals surface area contributed by atoms with Crippen LogP contribution in [0.15, 0.2) is 0 Å². The maximum Gasteiger partial charge on any atom is 0.109 e. The van der Waals surface area contributed by atoms with Gasteiger partial charge in [-0.05, 0) is 18.3 Å². The Morgan fingerprint density at radius 2 is 1.90 bits per heavy atom. The summed E-state index contributed by atoms with van der Waals surface area (Å²) in [6.45, 7) is 6.52. The van der Waals surface area contributed by atoms with Gasteiger partial charge in [0.25, 0.3) is 0 Å². The van der Waals surface area contributed by atoms with Crippen molar-refractivity contribution < 1.29 is 4.74 Å². The van der Waals surface area contributed by atoms with Gasteiger partial charge in [0.2, 0.25) is 0 Å². The van der Waals surface area contributed by atoms with Crippen LogP contribution in [-0.2, 0) is 4.74 Å². The standard InChI is InChI=1S/C8H15BO/c1-4-7-5(2)6(3)8(9)10-7/h5-8H,4H2,1-3H3/t5-,6+,7?,8?/m0/s1. The van der Waals surface area contributed by atoms with Crippen LogP contribution < -0.4 is 0 Å². The van der Waals surface area contributed by atoms with Crippen LogP contribution in [0.2, 0.25) is 0 Å². The fourth-order valence-electron chi connectivity index (χ4n) is 1.56. The molecule has 0 spiro atoms. The molecular formula is C8H15BO. The minimum absolute atomic E-state index is 0.0278. The molecule has 0 saturated carbocycles. The molecule has 0 aromatic heterocycles. The van der Waals surface area contributed by atoms with Crippen LogP contribution in [0.25, 0.3) is 0 Å². The summed E-state index contributed by atoms with van der Waals surface area (Å²) in [6, 6.07) is -0.0278. The second-order valence-corrected chi connectivity index (χ2v) is 3.27. The second kappa shape index (κ2) is 2.95. The average molecular weight is 138 g/mol. The van der Waals surface area contributed by atoms with E-state index in [4.69, 9.17) is 12.6 Å². The molecule has 1 saturated heterocycles. The molecule has 1 nitrogen and oxygen atoms in total. The summed E-state index contributed by atoms with van der Waals surface area (Å²) >= 11 is 0. The molecule has 1 aliphatic heterocycles. The summed E-state index contributed by atoms with van der Waals surface area (Å²) in [5, 5.41) is 0. The summed E-state index contributed by atoms with van der Waals surface area (Å²) in [5.74, 6) is 1.14. The molecule has 2 radical (unpaired) electrons. The molecule has 1 aliphatic rings. The topological polar surface area (TPSA) is 9.23 Å². The van der Waals surface area contributed by atoms with Gasteiger partial charge in [0.1, 0.15) is 7.85 Å². The Balaban J connectivity index is 2.53. The fourth-order valence-corrected chi connectivity index (χ4v) is 1.56. The molecule has 0 bridgehead atoms. The largest absolute Gasteiger partial charge is 0.384 e. The molecule has 0 N–H and O–H groups in total. The van der Waals surface area contributed by atoms with Crippen molar-refractivity contribution in [2.24, 2.45) is 11.8 Å². The van der Waals surface area contributed by atoms with E-state index in [-0.39, 0.29) is 6.00 Å². The quantitative estimate of drug-likeness (QED) is 0.499. The Labute approximate surface area is 64.6 Å². The second-order valence-electron chi connectivity index (χ2n) is 3.27. The molecule has 56 valence electrons. The number of hydrogen-bond donors (Lipinski definition) is 0. The van der Waals surface area contributed by atoms with Crippen molar-refractivity contribution in [3.63, 3.8) is 0 Å². The van der Waals surface area contributed by atoms with Gasteiger partial charge in [-0.1, -0.05) is 20.8 Å². The maximum atomic E-state index is 5.71. The third-order valence-electron chi connectivity index (χ3n) is 2.67. The minimum atomic E-state index is -0.0278. The predicted octanol–water partition coefficient (Wildman–Crippen LogP) is 1.56. The zero-order chi connectivity index (χ0) is 7.72. The van der Waals surface area contributed by atoms with Crippen LogP contribution in [0.5, 0.6) is 0 Å². The Hall–Kier alpha value is 0.0249. The summed E-state index contributed by atoms with van der Waals surface area (Å²) < 4.78 is 5.51. The molecule has 0 aliphatic carbocycles. The zero-order valence-corrected chi connectivity index (χ0v) is 7.00. The monoisotopic (exact) mass is 138 g/mol. The van der Waals surface area contributed by atoms with E-state index in [1.165, 1.54) is 0 Å². The third kappa shape index (κ3) is 1.22. The van der Waals surface area contributed by atoms with Crippen LogP contribution in [0, 0.1) is 11.8 Å². The summed E-state index contributed by atoms with van der Waals surface area (Å²) in [5.41, 5.74) is 0. The number of rotatable bonds is 1. The molecule has 0 aromatic carbocycles. The van der Waals surface area contributed by atoms with Crippen molar-refractivity contribution in [1.29, 1.82) is 0 Å². The highest BCUT2D eigenvalue weighted by molar-refractivity contribution is 6.11. The molecule has 1 rings (SSSR count). The lowest BCUT2D eigenvalue weighted by Gasteiger charge is -2.13.